The number of amides is 1. The molecule has 2 aliphatic rings. The first-order valence-corrected chi connectivity index (χ1v) is 6.99. The highest BCUT2D eigenvalue weighted by atomic mass is 35.5. The molecule has 0 radical (unpaired) electrons. The van der Waals surface area contributed by atoms with E-state index in [1.54, 1.807) is 12.1 Å². The molecule has 1 amide bonds. The lowest BCUT2D eigenvalue weighted by Crippen LogP contribution is -2.39. The second kappa shape index (κ2) is 4.98. The number of nitrogen functional groups attached to an aromatic ring is 1. The van der Waals surface area contributed by atoms with Gasteiger partial charge < -0.3 is 10.7 Å². The fraction of sp³-hybridized carbons (Fsp3) is 0.538. The highest BCUT2D eigenvalue weighted by Gasteiger charge is 2.40. The SMILES string of the molecule is NNc1ccc(Cl)c(C(=O)NC2CC3CCC2C3)n1. The van der Waals surface area contributed by atoms with Gasteiger partial charge in [-0.25, -0.2) is 10.8 Å². The Bertz CT molecular complexity index is 507. The zero-order valence-electron chi connectivity index (χ0n) is 10.5. The number of aromatic nitrogens is 1. The van der Waals surface area contributed by atoms with Gasteiger partial charge in [0.15, 0.2) is 0 Å². The van der Waals surface area contributed by atoms with Gasteiger partial charge in [-0.3, -0.25) is 4.79 Å². The smallest absolute Gasteiger partial charge is 0.271 e. The number of hydrogen-bond acceptors (Lipinski definition) is 4. The molecule has 4 N–H and O–H groups in total. The van der Waals surface area contributed by atoms with Gasteiger partial charge in [0.05, 0.1) is 5.02 Å². The number of fused-ring (bicyclic) bond motifs is 2. The molecule has 2 bridgehead atoms. The van der Waals surface area contributed by atoms with Crippen LogP contribution in [0.5, 0.6) is 0 Å². The molecular weight excluding hydrogens is 264 g/mol. The van der Waals surface area contributed by atoms with Gasteiger partial charge in [-0.1, -0.05) is 18.0 Å². The number of nitrogens with one attached hydrogen (secondary N) is 2. The lowest BCUT2D eigenvalue weighted by Gasteiger charge is -2.22. The highest BCUT2D eigenvalue weighted by molar-refractivity contribution is 6.33. The van der Waals surface area contributed by atoms with Gasteiger partial charge in [0.1, 0.15) is 11.5 Å². The molecule has 6 heteroatoms. The topological polar surface area (TPSA) is 80.0 Å². The zero-order chi connectivity index (χ0) is 13.4. The number of carbonyl (C=O) groups excluding carboxylic acids is 1. The minimum Gasteiger partial charge on any atom is -0.348 e. The lowest BCUT2D eigenvalue weighted by atomic mass is 9.95. The lowest BCUT2D eigenvalue weighted by molar-refractivity contribution is 0.0918. The third kappa shape index (κ3) is 2.40. The number of hydrazine groups is 1. The molecule has 0 aliphatic heterocycles. The molecule has 3 unspecified atom stereocenters. The van der Waals surface area contributed by atoms with Gasteiger partial charge in [0, 0.05) is 6.04 Å². The first-order valence-electron chi connectivity index (χ1n) is 6.61. The van der Waals surface area contributed by atoms with Gasteiger partial charge in [0.2, 0.25) is 0 Å². The van der Waals surface area contributed by atoms with E-state index >= 15 is 0 Å². The van der Waals surface area contributed by atoms with E-state index in [1.165, 1.54) is 19.3 Å². The van der Waals surface area contributed by atoms with Crippen LogP contribution in [0.1, 0.15) is 36.2 Å². The summed E-state index contributed by atoms with van der Waals surface area (Å²) in [5.74, 6) is 6.93. The van der Waals surface area contributed by atoms with Crippen LogP contribution < -0.4 is 16.6 Å². The molecular formula is C13H17ClN4O. The van der Waals surface area contributed by atoms with Crippen LogP contribution >= 0.6 is 11.6 Å². The largest absolute Gasteiger partial charge is 0.348 e. The van der Waals surface area contributed by atoms with Gasteiger partial charge in [-0.2, -0.15) is 0 Å². The van der Waals surface area contributed by atoms with Crippen LogP contribution in [-0.2, 0) is 0 Å². The summed E-state index contributed by atoms with van der Waals surface area (Å²) in [5.41, 5.74) is 2.66. The van der Waals surface area contributed by atoms with Crippen molar-refractivity contribution in [3.63, 3.8) is 0 Å². The average molecular weight is 281 g/mol. The Morgan fingerprint density at radius 1 is 1.37 bits per heavy atom. The molecule has 0 saturated heterocycles. The third-order valence-electron chi connectivity index (χ3n) is 4.26. The summed E-state index contributed by atoms with van der Waals surface area (Å²) < 4.78 is 0. The first kappa shape index (κ1) is 12.7. The second-order valence-electron chi connectivity index (χ2n) is 5.43. The van der Waals surface area contributed by atoms with Gasteiger partial charge >= 0.3 is 0 Å². The quantitative estimate of drug-likeness (QED) is 0.584. The maximum absolute atomic E-state index is 12.2. The van der Waals surface area contributed by atoms with Crippen molar-refractivity contribution in [2.45, 2.75) is 31.7 Å². The molecule has 2 aliphatic carbocycles. The molecule has 2 saturated carbocycles. The summed E-state index contributed by atoms with van der Waals surface area (Å²) in [6, 6.07) is 3.54. The second-order valence-corrected chi connectivity index (χ2v) is 5.83. The number of nitrogens with two attached hydrogens (primary N) is 1. The van der Waals surface area contributed by atoms with Crippen molar-refractivity contribution >= 4 is 23.3 Å². The monoisotopic (exact) mass is 280 g/mol. The minimum absolute atomic E-state index is 0.209. The average Bonchev–Trinajstić information content (AvgIpc) is 3.01. The van der Waals surface area contributed by atoms with E-state index in [-0.39, 0.29) is 17.6 Å². The number of nitrogens with zero attached hydrogens (tertiary/aromatic N) is 1. The van der Waals surface area contributed by atoms with Crippen LogP contribution in [0.25, 0.3) is 0 Å². The van der Waals surface area contributed by atoms with Crippen LogP contribution in [0.4, 0.5) is 5.82 Å². The van der Waals surface area contributed by atoms with Crippen molar-refractivity contribution in [3.8, 4) is 0 Å². The van der Waals surface area contributed by atoms with Crippen LogP contribution in [0.2, 0.25) is 5.02 Å². The molecule has 1 heterocycles. The first-order chi connectivity index (χ1) is 9.17. The molecule has 102 valence electrons. The molecule has 19 heavy (non-hydrogen) atoms. The number of anilines is 1. The predicted octanol–water partition coefficient (Wildman–Crippen LogP) is 1.94. The van der Waals surface area contributed by atoms with Crippen molar-refractivity contribution < 1.29 is 4.79 Å². The van der Waals surface area contributed by atoms with Crippen LogP contribution in [0.15, 0.2) is 12.1 Å². The number of pyridine rings is 1. The number of hydrogen-bond donors (Lipinski definition) is 3. The predicted molar refractivity (Wildman–Crippen MR) is 73.8 cm³/mol. The fourth-order valence-corrected chi connectivity index (χ4v) is 3.53. The van der Waals surface area contributed by atoms with Gasteiger partial charge in [-0.05, 0) is 43.2 Å². The number of halogens is 1. The summed E-state index contributed by atoms with van der Waals surface area (Å²) in [6.45, 7) is 0. The highest BCUT2D eigenvalue weighted by Crippen LogP contribution is 2.44. The molecule has 3 atom stereocenters. The van der Waals surface area contributed by atoms with Crippen molar-refractivity contribution in [1.29, 1.82) is 0 Å². The maximum Gasteiger partial charge on any atom is 0.271 e. The summed E-state index contributed by atoms with van der Waals surface area (Å²) >= 11 is 6.02. The molecule has 0 spiro atoms. The van der Waals surface area contributed by atoms with E-state index in [4.69, 9.17) is 17.4 Å². The van der Waals surface area contributed by atoms with Crippen LogP contribution in [0, 0.1) is 11.8 Å². The molecule has 2 fully saturated rings. The Kier molecular flexibility index (Phi) is 3.33. The summed E-state index contributed by atoms with van der Waals surface area (Å²) in [6.07, 6.45) is 4.86. The Morgan fingerprint density at radius 3 is 2.84 bits per heavy atom. The van der Waals surface area contributed by atoms with E-state index in [0.717, 1.165) is 12.3 Å². The fourth-order valence-electron chi connectivity index (χ4n) is 3.34. The van der Waals surface area contributed by atoms with E-state index in [2.05, 4.69) is 15.7 Å². The maximum atomic E-state index is 12.2. The van der Waals surface area contributed by atoms with Gasteiger partial charge in [0.25, 0.3) is 5.91 Å². The molecule has 0 aromatic carbocycles. The molecule has 3 rings (SSSR count). The van der Waals surface area contributed by atoms with E-state index in [1.807, 2.05) is 0 Å². The summed E-state index contributed by atoms with van der Waals surface area (Å²) in [7, 11) is 0. The Morgan fingerprint density at radius 2 is 2.21 bits per heavy atom. The Hall–Kier alpha value is -1.33. The van der Waals surface area contributed by atoms with E-state index in [9.17, 15) is 4.79 Å². The van der Waals surface area contributed by atoms with Gasteiger partial charge in [-0.15, -0.1) is 0 Å². The van der Waals surface area contributed by atoms with Crippen LogP contribution in [0.3, 0.4) is 0 Å². The molecule has 1 aromatic heterocycles. The third-order valence-corrected chi connectivity index (χ3v) is 4.57. The normalized spacial score (nSPS) is 28.4. The zero-order valence-corrected chi connectivity index (χ0v) is 11.3. The Balaban J connectivity index is 1.73. The van der Waals surface area contributed by atoms with Crippen molar-refractivity contribution in [2.24, 2.45) is 17.7 Å². The van der Waals surface area contributed by atoms with Crippen molar-refractivity contribution in [2.75, 3.05) is 5.43 Å². The van der Waals surface area contributed by atoms with Crippen molar-refractivity contribution in [3.05, 3.63) is 22.8 Å². The van der Waals surface area contributed by atoms with E-state index in [0.29, 0.717) is 16.8 Å². The molecule has 1 aromatic rings. The minimum atomic E-state index is -0.209. The number of rotatable bonds is 3. The van der Waals surface area contributed by atoms with Crippen LogP contribution in [-0.4, -0.2) is 16.9 Å². The number of carbonyl (C=O) groups is 1. The summed E-state index contributed by atoms with van der Waals surface area (Å²) in [4.78, 5) is 16.4. The van der Waals surface area contributed by atoms with Crippen molar-refractivity contribution in [1.82, 2.24) is 10.3 Å². The standard InChI is InChI=1S/C13H17ClN4O/c14-9-3-4-11(18-15)17-12(9)13(19)16-10-6-7-1-2-8(10)5-7/h3-4,7-8,10H,1-2,5-6,15H2,(H,16,19)(H,17,18). The summed E-state index contributed by atoms with van der Waals surface area (Å²) in [5, 5.41) is 3.41. The Labute approximate surface area is 116 Å². The molecule has 5 nitrogen and oxygen atoms in total. The van der Waals surface area contributed by atoms with E-state index < -0.39 is 0 Å².